The van der Waals surface area contributed by atoms with Crippen molar-refractivity contribution in [2.24, 2.45) is 0 Å². The minimum absolute atomic E-state index is 0.410. The Balaban J connectivity index is 2.12. The lowest BCUT2D eigenvalue weighted by molar-refractivity contribution is 0.0601. The summed E-state index contributed by atoms with van der Waals surface area (Å²) >= 11 is 0. The number of ether oxygens (including phenoxy) is 1. The van der Waals surface area contributed by atoms with Gasteiger partial charge in [-0.1, -0.05) is 36.4 Å². The first-order chi connectivity index (χ1) is 10.3. The van der Waals surface area contributed by atoms with Gasteiger partial charge in [-0.05, 0) is 24.3 Å². The zero-order valence-corrected chi connectivity index (χ0v) is 11.5. The van der Waals surface area contributed by atoms with Crippen LogP contribution in [0.15, 0.2) is 60.7 Å². The Labute approximate surface area is 122 Å². The number of nitrogens with zero attached hydrogens (tertiary/aromatic N) is 1. The van der Waals surface area contributed by atoms with Crippen molar-refractivity contribution in [3.8, 4) is 0 Å². The Morgan fingerprint density at radius 1 is 1.05 bits per heavy atom. The molecule has 0 radical (unpaired) electrons. The van der Waals surface area contributed by atoms with E-state index in [9.17, 15) is 4.79 Å². The zero-order valence-electron chi connectivity index (χ0n) is 11.5. The molecule has 4 nitrogen and oxygen atoms in total. The van der Waals surface area contributed by atoms with Crippen molar-refractivity contribution in [1.29, 1.82) is 0 Å². The van der Waals surface area contributed by atoms with Gasteiger partial charge in [0.15, 0.2) is 0 Å². The van der Waals surface area contributed by atoms with E-state index in [0.717, 1.165) is 16.6 Å². The molecule has 0 spiro atoms. The van der Waals surface area contributed by atoms with Crippen LogP contribution in [-0.2, 0) is 4.74 Å². The highest BCUT2D eigenvalue weighted by Gasteiger charge is 2.15. The van der Waals surface area contributed by atoms with Gasteiger partial charge in [-0.15, -0.1) is 0 Å². The van der Waals surface area contributed by atoms with Gasteiger partial charge in [0.05, 0.1) is 12.6 Å². The van der Waals surface area contributed by atoms with Crippen LogP contribution >= 0.6 is 0 Å². The van der Waals surface area contributed by atoms with Crippen LogP contribution in [0.3, 0.4) is 0 Å². The molecule has 0 amide bonds. The van der Waals surface area contributed by atoms with Gasteiger partial charge in [-0.3, -0.25) is 0 Å². The molecule has 2 aromatic carbocycles. The topological polar surface area (TPSA) is 51.2 Å². The summed E-state index contributed by atoms with van der Waals surface area (Å²) in [5, 5.41) is 4.07. The Morgan fingerprint density at radius 3 is 2.52 bits per heavy atom. The van der Waals surface area contributed by atoms with Gasteiger partial charge in [0.1, 0.15) is 11.4 Å². The van der Waals surface area contributed by atoms with Crippen molar-refractivity contribution in [1.82, 2.24) is 4.98 Å². The number of carbonyl (C=O) groups is 1. The summed E-state index contributed by atoms with van der Waals surface area (Å²) in [6.45, 7) is 0. The third kappa shape index (κ3) is 2.69. The molecule has 104 valence electrons. The van der Waals surface area contributed by atoms with Crippen molar-refractivity contribution >= 4 is 28.4 Å². The van der Waals surface area contributed by atoms with Crippen molar-refractivity contribution in [3.63, 3.8) is 0 Å². The summed E-state index contributed by atoms with van der Waals surface area (Å²) in [6, 6.07) is 19.0. The minimum atomic E-state index is -0.410. The number of para-hydroxylation sites is 2. The molecule has 0 aliphatic carbocycles. The predicted molar refractivity (Wildman–Crippen MR) is 82.8 cm³/mol. The fourth-order valence-electron chi connectivity index (χ4n) is 2.13. The number of nitrogens with one attached hydrogen (secondary N) is 1. The summed E-state index contributed by atoms with van der Waals surface area (Å²) in [7, 11) is 1.36. The molecule has 1 N–H and O–H groups in total. The third-order valence-corrected chi connectivity index (χ3v) is 3.17. The second kappa shape index (κ2) is 5.63. The second-order valence-electron chi connectivity index (χ2n) is 4.56. The summed E-state index contributed by atoms with van der Waals surface area (Å²) in [5.41, 5.74) is 2.11. The highest BCUT2D eigenvalue weighted by atomic mass is 16.5. The van der Waals surface area contributed by atoms with Crippen molar-refractivity contribution < 1.29 is 9.53 Å². The number of hydrogen-bond acceptors (Lipinski definition) is 4. The van der Waals surface area contributed by atoms with Gasteiger partial charge in [-0.25, -0.2) is 9.78 Å². The standard InChI is InChI=1S/C17H14N2O2/c1-21-17(20)14-11-12-7-5-6-10-15(12)19-16(14)18-13-8-3-2-4-9-13/h2-11H,1H3,(H,18,19). The number of anilines is 2. The number of hydrogen-bond donors (Lipinski definition) is 1. The molecular formula is C17H14N2O2. The van der Waals surface area contributed by atoms with Gasteiger partial charge in [0.2, 0.25) is 0 Å². The fourth-order valence-corrected chi connectivity index (χ4v) is 2.13. The van der Waals surface area contributed by atoms with E-state index >= 15 is 0 Å². The Morgan fingerprint density at radius 2 is 1.76 bits per heavy atom. The number of pyridine rings is 1. The van der Waals surface area contributed by atoms with Crippen LogP contribution in [0.4, 0.5) is 11.5 Å². The average molecular weight is 278 g/mol. The van der Waals surface area contributed by atoms with E-state index < -0.39 is 5.97 Å². The number of fused-ring (bicyclic) bond motifs is 1. The van der Waals surface area contributed by atoms with E-state index in [2.05, 4.69) is 10.3 Å². The first kappa shape index (κ1) is 13.1. The molecule has 0 saturated heterocycles. The number of benzene rings is 2. The molecular weight excluding hydrogens is 264 g/mol. The quantitative estimate of drug-likeness (QED) is 0.741. The van der Waals surface area contributed by atoms with E-state index in [1.54, 1.807) is 6.07 Å². The van der Waals surface area contributed by atoms with Crippen LogP contribution in [0.2, 0.25) is 0 Å². The lowest BCUT2D eigenvalue weighted by Crippen LogP contribution is -2.07. The summed E-state index contributed by atoms with van der Waals surface area (Å²) in [5.74, 6) is 0.0819. The highest BCUT2D eigenvalue weighted by molar-refractivity contribution is 5.99. The molecule has 21 heavy (non-hydrogen) atoms. The maximum Gasteiger partial charge on any atom is 0.341 e. The number of esters is 1. The second-order valence-corrected chi connectivity index (χ2v) is 4.56. The molecule has 0 aliphatic rings. The first-order valence-electron chi connectivity index (χ1n) is 6.58. The van der Waals surface area contributed by atoms with Crippen LogP contribution in [0, 0.1) is 0 Å². The van der Waals surface area contributed by atoms with Crippen molar-refractivity contribution in [2.75, 3.05) is 12.4 Å². The summed E-state index contributed by atoms with van der Waals surface area (Å²) in [4.78, 5) is 16.5. The number of methoxy groups -OCH3 is 1. The monoisotopic (exact) mass is 278 g/mol. The van der Waals surface area contributed by atoms with Crippen molar-refractivity contribution in [3.05, 3.63) is 66.2 Å². The van der Waals surface area contributed by atoms with Gasteiger partial charge in [0.25, 0.3) is 0 Å². The fraction of sp³-hybridized carbons (Fsp3) is 0.0588. The SMILES string of the molecule is COC(=O)c1cc2ccccc2nc1Nc1ccccc1. The van der Waals surface area contributed by atoms with Crippen LogP contribution < -0.4 is 5.32 Å². The minimum Gasteiger partial charge on any atom is -0.465 e. The highest BCUT2D eigenvalue weighted by Crippen LogP contribution is 2.24. The van der Waals surface area contributed by atoms with E-state index in [1.165, 1.54) is 7.11 Å². The zero-order chi connectivity index (χ0) is 14.7. The first-order valence-corrected chi connectivity index (χ1v) is 6.58. The maximum absolute atomic E-state index is 12.0. The number of carbonyl (C=O) groups excluding carboxylic acids is 1. The van der Waals surface area contributed by atoms with E-state index in [1.807, 2.05) is 54.6 Å². The number of aromatic nitrogens is 1. The van der Waals surface area contributed by atoms with Gasteiger partial charge >= 0.3 is 5.97 Å². The molecule has 3 rings (SSSR count). The van der Waals surface area contributed by atoms with Crippen LogP contribution in [0.5, 0.6) is 0 Å². The lowest BCUT2D eigenvalue weighted by atomic mass is 10.1. The molecule has 0 aliphatic heterocycles. The predicted octanol–water partition coefficient (Wildman–Crippen LogP) is 3.77. The van der Waals surface area contributed by atoms with Gasteiger partial charge in [0, 0.05) is 11.1 Å². The number of rotatable bonds is 3. The molecule has 0 unspecified atom stereocenters. The van der Waals surface area contributed by atoms with Crippen LogP contribution in [-0.4, -0.2) is 18.1 Å². The summed E-state index contributed by atoms with van der Waals surface area (Å²) in [6.07, 6.45) is 0. The normalized spacial score (nSPS) is 10.3. The molecule has 3 aromatic rings. The Kier molecular flexibility index (Phi) is 3.51. The lowest BCUT2D eigenvalue weighted by Gasteiger charge is -2.11. The van der Waals surface area contributed by atoms with E-state index in [-0.39, 0.29) is 0 Å². The summed E-state index contributed by atoms with van der Waals surface area (Å²) < 4.78 is 4.84. The Hall–Kier alpha value is -2.88. The molecule has 1 heterocycles. The molecule has 0 saturated carbocycles. The van der Waals surface area contributed by atoms with E-state index in [0.29, 0.717) is 11.4 Å². The third-order valence-electron chi connectivity index (χ3n) is 3.17. The maximum atomic E-state index is 12.0. The van der Waals surface area contributed by atoms with E-state index in [4.69, 9.17) is 4.74 Å². The molecule has 0 bridgehead atoms. The van der Waals surface area contributed by atoms with Crippen molar-refractivity contribution in [2.45, 2.75) is 0 Å². The molecule has 1 aromatic heterocycles. The average Bonchev–Trinajstić information content (AvgIpc) is 2.54. The smallest absolute Gasteiger partial charge is 0.341 e. The molecule has 0 atom stereocenters. The molecule has 4 heteroatoms. The Bertz CT molecular complexity index is 785. The van der Waals surface area contributed by atoms with Crippen LogP contribution in [0.1, 0.15) is 10.4 Å². The van der Waals surface area contributed by atoms with Gasteiger partial charge in [-0.2, -0.15) is 0 Å². The largest absolute Gasteiger partial charge is 0.465 e. The molecule has 0 fully saturated rings. The van der Waals surface area contributed by atoms with Crippen LogP contribution in [0.25, 0.3) is 10.9 Å². The van der Waals surface area contributed by atoms with Gasteiger partial charge < -0.3 is 10.1 Å².